The molecule has 0 aromatic rings. The second kappa shape index (κ2) is 4.29. The Morgan fingerprint density at radius 1 is 1.38 bits per heavy atom. The third-order valence-electron chi connectivity index (χ3n) is 5.98. The highest BCUT2D eigenvalue weighted by Gasteiger charge is 2.76. The molecule has 0 aromatic heterocycles. The molecule has 2 saturated heterocycles. The van der Waals surface area contributed by atoms with Gasteiger partial charge in [-0.3, -0.25) is 4.79 Å². The highest BCUT2D eigenvalue weighted by Crippen LogP contribution is 2.65. The average molecular weight is 295 g/mol. The van der Waals surface area contributed by atoms with Gasteiger partial charge in [0.1, 0.15) is 12.4 Å². The van der Waals surface area contributed by atoms with E-state index in [0.717, 1.165) is 6.29 Å². The van der Waals surface area contributed by atoms with Crippen LogP contribution in [0.3, 0.4) is 0 Å². The molecule has 4 atom stereocenters. The van der Waals surface area contributed by atoms with E-state index in [1.807, 2.05) is 20.8 Å². The lowest BCUT2D eigenvalue weighted by Gasteiger charge is -2.35. The predicted molar refractivity (Wildman–Crippen MR) is 72.3 cm³/mol. The van der Waals surface area contributed by atoms with Crippen molar-refractivity contribution in [2.24, 2.45) is 10.8 Å². The van der Waals surface area contributed by atoms with Crippen LogP contribution in [0.25, 0.3) is 0 Å². The molecule has 0 amide bonds. The van der Waals surface area contributed by atoms with Gasteiger partial charge in [-0.25, -0.2) is 4.79 Å². The number of ether oxygens (including phenoxy) is 2. The van der Waals surface area contributed by atoms with E-state index < -0.39 is 22.4 Å². The number of aldehydes is 1. The van der Waals surface area contributed by atoms with Gasteiger partial charge in [0.25, 0.3) is 0 Å². The number of nitrogens with one attached hydrogen (secondary N) is 1. The molecule has 21 heavy (non-hydrogen) atoms. The summed E-state index contributed by atoms with van der Waals surface area (Å²) in [5.41, 5.74) is -2.41. The van der Waals surface area contributed by atoms with Gasteiger partial charge >= 0.3 is 11.9 Å². The summed E-state index contributed by atoms with van der Waals surface area (Å²) < 4.78 is 11.0. The smallest absolute Gasteiger partial charge is 0.351 e. The van der Waals surface area contributed by atoms with Crippen molar-refractivity contribution >= 4 is 18.2 Å². The number of fused-ring (bicyclic) bond motifs is 2. The van der Waals surface area contributed by atoms with E-state index in [-0.39, 0.29) is 18.1 Å². The topological polar surface area (TPSA) is 81.7 Å². The van der Waals surface area contributed by atoms with Gasteiger partial charge in [-0.1, -0.05) is 13.8 Å². The summed E-state index contributed by atoms with van der Waals surface area (Å²) in [5, 5.41) is 2.98. The Balaban J connectivity index is 1.79. The minimum absolute atomic E-state index is 0.270. The van der Waals surface area contributed by atoms with Crippen molar-refractivity contribution in [3.8, 4) is 0 Å². The van der Waals surface area contributed by atoms with Gasteiger partial charge in [-0.15, -0.1) is 0 Å². The molecule has 6 nitrogen and oxygen atoms in total. The highest BCUT2D eigenvalue weighted by molar-refractivity contribution is 5.93. The quantitative estimate of drug-likeness (QED) is 0.606. The van der Waals surface area contributed by atoms with Crippen LogP contribution in [-0.2, 0) is 23.9 Å². The Bertz CT molecular complexity index is 516. The molecule has 1 aliphatic carbocycles. The van der Waals surface area contributed by atoms with Gasteiger partial charge < -0.3 is 19.6 Å². The van der Waals surface area contributed by atoms with Crippen LogP contribution >= 0.6 is 0 Å². The molecule has 6 heteroatoms. The fourth-order valence-corrected chi connectivity index (χ4v) is 3.87. The third-order valence-corrected chi connectivity index (χ3v) is 5.98. The Morgan fingerprint density at radius 2 is 2.10 bits per heavy atom. The van der Waals surface area contributed by atoms with Gasteiger partial charge in [-0.2, -0.15) is 0 Å². The fraction of sp³-hybridized carbons (Fsp3) is 0.800. The van der Waals surface area contributed by atoms with E-state index in [0.29, 0.717) is 25.8 Å². The van der Waals surface area contributed by atoms with Crippen molar-refractivity contribution < 1.29 is 23.9 Å². The van der Waals surface area contributed by atoms with Crippen LogP contribution in [0.5, 0.6) is 0 Å². The largest absolute Gasteiger partial charge is 0.458 e. The molecule has 1 N–H and O–H groups in total. The average Bonchev–Trinajstić information content (AvgIpc) is 3.00. The standard InChI is InChI=1S/C15H21NO5/c1-13(2)14(3)4-5-15(13,21-11(14)18)12(19)20-10-6-9(8-17)16-7-10/h8-10,16H,4-7H2,1-3H3/t9-,10+,14?,15?/m0/s1. The molecule has 0 radical (unpaired) electrons. The Morgan fingerprint density at radius 3 is 2.57 bits per heavy atom. The van der Waals surface area contributed by atoms with Gasteiger partial charge in [0, 0.05) is 18.4 Å². The number of carbonyl (C=O) groups is 3. The molecule has 2 aliphatic heterocycles. The molecule has 2 bridgehead atoms. The molecule has 0 aromatic carbocycles. The lowest BCUT2D eigenvalue weighted by molar-refractivity contribution is -0.186. The maximum absolute atomic E-state index is 12.7. The van der Waals surface area contributed by atoms with Crippen molar-refractivity contribution in [1.29, 1.82) is 0 Å². The minimum atomic E-state index is -1.18. The van der Waals surface area contributed by atoms with E-state index in [9.17, 15) is 14.4 Å². The molecule has 2 unspecified atom stereocenters. The van der Waals surface area contributed by atoms with E-state index in [4.69, 9.17) is 9.47 Å². The SMILES string of the molecule is CC12CCC(C(=O)O[C@H]3CN[C@H](C=O)C3)(OC1=O)C2(C)C. The maximum atomic E-state index is 12.7. The summed E-state index contributed by atoms with van der Waals surface area (Å²) in [6, 6.07) is -0.270. The van der Waals surface area contributed by atoms with E-state index in [1.54, 1.807) is 0 Å². The molecule has 3 fully saturated rings. The zero-order chi connectivity index (χ0) is 15.5. The van der Waals surface area contributed by atoms with Crippen LogP contribution in [0.2, 0.25) is 0 Å². The number of carbonyl (C=O) groups excluding carboxylic acids is 3. The Labute approximate surface area is 123 Å². The monoisotopic (exact) mass is 295 g/mol. The zero-order valence-corrected chi connectivity index (χ0v) is 12.6. The normalized spacial score (nSPS) is 43.7. The number of hydrogen-bond donors (Lipinski definition) is 1. The summed E-state index contributed by atoms with van der Waals surface area (Å²) in [7, 11) is 0. The Hall–Kier alpha value is -1.43. The predicted octanol–water partition coefficient (Wildman–Crippen LogP) is 0.581. The first-order valence-electron chi connectivity index (χ1n) is 7.40. The van der Waals surface area contributed by atoms with Crippen LogP contribution < -0.4 is 5.32 Å². The molecule has 1 saturated carbocycles. The summed E-state index contributed by atoms with van der Waals surface area (Å²) in [6.45, 7) is 6.11. The van der Waals surface area contributed by atoms with Crippen molar-refractivity contribution in [3.63, 3.8) is 0 Å². The molecule has 3 rings (SSSR count). The molecule has 116 valence electrons. The van der Waals surface area contributed by atoms with Crippen LogP contribution in [0, 0.1) is 10.8 Å². The van der Waals surface area contributed by atoms with E-state index in [1.165, 1.54) is 0 Å². The number of rotatable bonds is 3. The van der Waals surface area contributed by atoms with Gasteiger partial charge in [0.05, 0.1) is 11.5 Å². The van der Waals surface area contributed by atoms with E-state index in [2.05, 4.69) is 5.32 Å². The highest BCUT2D eigenvalue weighted by atomic mass is 16.6. The first-order chi connectivity index (χ1) is 9.77. The van der Waals surface area contributed by atoms with Crippen LogP contribution in [0.15, 0.2) is 0 Å². The lowest BCUT2D eigenvalue weighted by atomic mass is 9.66. The van der Waals surface area contributed by atoms with Gasteiger partial charge in [0.2, 0.25) is 5.60 Å². The van der Waals surface area contributed by atoms with Crippen LogP contribution in [-0.4, -0.2) is 42.5 Å². The fourth-order valence-electron chi connectivity index (χ4n) is 3.87. The summed E-state index contributed by atoms with van der Waals surface area (Å²) in [6.07, 6.45) is 2.07. The van der Waals surface area contributed by atoms with Gasteiger partial charge in [0.15, 0.2) is 0 Å². The third kappa shape index (κ3) is 1.65. The second-order valence-corrected chi connectivity index (χ2v) is 7.09. The maximum Gasteiger partial charge on any atom is 0.351 e. The van der Waals surface area contributed by atoms with Crippen LogP contribution in [0.4, 0.5) is 0 Å². The minimum Gasteiger partial charge on any atom is -0.458 e. The summed E-state index contributed by atoms with van der Waals surface area (Å²) >= 11 is 0. The number of hydrogen-bond acceptors (Lipinski definition) is 6. The second-order valence-electron chi connectivity index (χ2n) is 7.09. The summed E-state index contributed by atoms with van der Waals surface area (Å²) in [5.74, 6) is -0.786. The zero-order valence-electron chi connectivity index (χ0n) is 12.6. The van der Waals surface area contributed by atoms with Crippen molar-refractivity contribution in [2.75, 3.05) is 6.54 Å². The van der Waals surface area contributed by atoms with Crippen molar-refractivity contribution in [1.82, 2.24) is 5.32 Å². The molecular weight excluding hydrogens is 274 g/mol. The Kier molecular flexibility index (Phi) is 2.96. The van der Waals surface area contributed by atoms with Gasteiger partial charge in [-0.05, 0) is 19.8 Å². The lowest BCUT2D eigenvalue weighted by Crippen LogP contribution is -2.50. The van der Waals surface area contributed by atoms with Crippen molar-refractivity contribution in [3.05, 3.63) is 0 Å². The first kappa shape index (κ1) is 14.5. The molecule has 2 heterocycles. The van der Waals surface area contributed by atoms with Crippen molar-refractivity contribution in [2.45, 2.75) is 57.8 Å². The van der Waals surface area contributed by atoms with E-state index >= 15 is 0 Å². The molecule has 0 spiro atoms. The summed E-state index contributed by atoms with van der Waals surface area (Å²) in [4.78, 5) is 35.5. The first-order valence-corrected chi connectivity index (χ1v) is 7.40. The van der Waals surface area contributed by atoms with Crippen LogP contribution in [0.1, 0.15) is 40.0 Å². The molecule has 3 aliphatic rings. The molecular formula is C15H21NO5. The number of esters is 2.